The third-order valence-corrected chi connectivity index (χ3v) is 0. The monoisotopic (exact) mass is 223 g/mol. The van der Waals surface area contributed by atoms with Gasteiger partial charge in [-0.2, -0.15) is 0 Å². The molecule has 0 aliphatic rings. The summed E-state index contributed by atoms with van der Waals surface area (Å²) in [4.78, 5) is 0. The van der Waals surface area contributed by atoms with Crippen molar-refractivity contribution in [3.63, 3.8) is 0 Å². The molecule has 0 aromatic heterocycles. The van der Waals surface area contributed by atoms with Crippen LogP contribution in [0.4, 0.5) is 0 Å². The minimum absolute atomic E-state index is 0. The average molecular weight is 222 g/mol. The molecule has 4 heteroatoms. The summed E-state index contributed by atoms with van der Waals surface area (Å²) in [5, 5.41) is 0. The molecule has 0 rings (SSSR count). The van der Waals surface area contributed by atoms with E-state index in [1.165, 1.54) is 0 Å². The van der Waals surface area contributed by atoms with Crippen molar-refractivity contribution < 1.29 is 49.3 Å². The van der Waals surface area contributed by atoms with Crippen molar-refractivity contribution in [2.45, 2.75) is 0 Å². The van der Waals surface area contributed by atoms with Gasteiger partial charge in [-0.25, -0.2) is 0 Å². The Balaban J connectivity index is 0. The Hall–Kier alpha value is 1.72. The molecule has 0 saturated heterocycles. The fourth-order valence-corrected chi connectivity index (χ4v) is 0. The summed E-state index contributed by atoms with van der Waals surface area (Å²) in [6.07, 6.45) is 0. The SMILES string of the molecule is [Al+3].[F-].[F-].[Gd+3]. The molecule has 0 saturated carbocycles. The van der Waals surface area contributed by atoms with Gasteiger partial charge in [-0.1, -0.05) is 0 Å². The second-order valence-corrected chi connectivity index (χ2v) is 0. The second-order valence-electron chi connectivity index (χ2n) is 0. The molecule has 0 spiro atoms. The van der Waals surface area contributed by atoms with E-state index in [0.29, 0.717) is 0 Å². The Labute approximate surface area is 65.9 Å². The Morgan fingerprint density at radius 2 is 0.750 bits per heavy atom. The zero-order valence-corrected chi connectivity index (χ0v) is 5.11. The van der Waals surface area contributed by atoms with Gasteiger partial charge in [0, 0.05) is 0 Å². The summed E-state index contributed by atoms with van der Waals surface area (Å²) in [5.41, 5.74) is 0. The maximum Gasteiger partial charge on any atom is 3.00 e. The van der Waals surface area contributed by atoms with Gasteiger partial charge in [0.25, 0.3) is 0 Å². The zero-order valence-electron chi connectivity index (χ0n) is 1.69. The molecule has 0 aliphatic carbocycles. The quantitative estimate of drug-likeness (QED) is 0.358. The van der Waals surface area contributed by atoms with Crippen LogP contribution in [-0.4, -0.2) is 17.4 Å². The average Bonchev–Trinajstić information content (AvgIpc) is 0. The standard InChI is InChI=1S/Al.2FH.Gd/h;2*1H;/q+3;;;+3/p-2. The third-order valence-electron chi connectivity index (χ3n) is 0. The summed E-state index contributed by atoms with van der Waals surface area (Å²) < 4.78 is 0. The van der Waals surface area contributed by atoms with Crippen molar-refractivity contribution in [2.75, 3.05) is 0 Å². The summed E-state index contributed by atoms with van der Waals surface area (Å²) in [6.45, 7) is 0. The van der Waals surface area contributed by atoms with Crippen LogP contribution in [0.5, 0.6) is 0 Å². The minimum Gasteiger partial charge on any atom is -1.00 e. The van der Waals surface area contributed by atoms with Crippen LogP contribution in [-0.2, 0) is 0 Å². The molecule has 0 atom stereocenters. The van der Waals surface area contributed by atoms with Gasteiger partial charge in [0.1, 0.15) is 0 Å². The molecule has 0 unspecified atom stereocenters. The van der Waals surface area contributed by atoms with Crippen LogP contribution in [0.2, 0.25) is 0 Å². The van der Waals surface area contributed by atoms with E-state index in [0.717, 1.165) is 0 Å². The summed E-state index contributed by atoms with van der Waals surface area (Å²) in [6, 6.07) is 0. The molecule has 0 aliphatic heterocycles. The van der Waals surface area contributed by atoms with Gasteiger partial charge in [0.15, 0.2) is 0 Å². The van der Waals surface area contributed by atoms with Crippen LogP contribution in [0.15, 0.2) is 0 Å². The molecule has 4 heavy (non-hydrogen) atoms. The van der Waals surface area contributed by atoms with E-state index in [9.17, 15) is 0 Å². The van der Waals surface area contributed by atoms with Gasteiger partial charge < -0.3 is 9.41 Å². The predicted octanol–water partition coefficient (Wildman–Crippen LogP) is -6.37. The molecule has 0 nitrogen and oxygen atoms in total. The molecule has 0 amide bonds. The van der Waals surface area contributed by atoms with E-state index < -0.39 is 0 Å². The van der Waals surface area contributed by atoms with Crippen molar-refractivity contribution in [1.29, 1.82) is 0 Å². The summed E-state index contributed by atoms with van der Waals surface area (Å²) >= 11 is 0. The summed E-state index contributed by atoms with van der Waals surface area (Å²) in [7, 11) is 0. The van der Waals surface area contributed by atoms with Crippen LogP contribution in [0.3, 0.4) is 0 Å². The van der Waals surface area contributed by atoms with Gasteiger partial charge in [0.05, 0.1) is 0 Å². The van der Waals surface area contributed by atoms with Gasteiger partial charge >= 0.3 is 57.3 Å². The maximum absolute atomic E-state index is 0. The molecule has 0 aromatic carbocycles. The van der Waals surface area contributed by atoms with Crippen LogP contribution in [0.25, 0.3) is 0 Å². The first kappa shape index (κ1) is 43.1. The normalized spacial score (nSPS) is 0. The predicted molar refractivity (Wildman–Crippen MR) is 5.75 cm³/mol. The second kappa shape index (κ2) is 22.1. The summed E-state index contributed by atoms with van der Waals surface area (Å²) in [5.74, 6) is 0. The molecule has 0 fully saturated rings. The topological polar surface area (TPSA) is 0 Å². The molecular formula is AlF2Gd+4. The first-order chi connectivity index (χ1) is 0. The Bertz CT molecular complexity index is 6.00. The fraction of sp³-hybridized carbons (Fsp3) is 0. The van der Waals surface area contributed by atoms with Crippen LogP contribution < -0.4 is 9.41 Å². The van der Waals surface area contributed by atoms with E-state index in [1.807, 2.05) is 0 Å². The molecule has 21 valence electrons. The number of hydrogen-bond donors (Lipinski definition) is 0. The van der Waals surface area contributed by atoms with E-state index in [2.05, 4.69) is 0 Å². The molecule has 0 bridgehead atoms. The number of hydrogen-bond acceptors (Lipinski definition) is 0. The molecule has 0 aromatic rings. The minimum atomic E-state index is 0. The smallest absolute Gasteiger partial charge is 1.00 e. The number of rotatable bonds is 0. The van der Waals surface area contributed by atoms with E-state index in [4.69, 9.17) is 0 Å². The van der Waals surface area contributed by atoms with Crippen LogP contribution >= 0.6 is 0 Å². The fourth-order valence-electron chi connectivity index (χ4n) is 0. The van der Waals surface area contributed by atoms with Crippen LogP contribution in [0.1, 0.15) is 0 Å². The Morgan fingerprint density at radius 3 is 0.750 bits per heavy atom. The first-order valence-corrected chi connectivity index (χ1v) is 0. The van der Waals surface area contributed by atoms with Crippen molar-refractivity contribution >= 4 is 17.4 Å². The van der Waals surface area contributed by atoms with Gasteiger partial charge in [0.2, 0.25) is 0 Å². The third kappa shape index (κ3) is 9.31. The van der Waals surface area contributed by atoms with Crippen molar-refractivity contribution in [3.8, 4) is 0 Å². The Kier molecular flexibility index (Phi) is 238. The van der Waals surface area contributed by atoms with Crippen molar-refractivity contribution in [2.24, 2.45) is 0 Å². The van der Waals surface area contributed by atoms with E-state index >= 15 is 0 Å². The van der Waals surface area contributed by atoms with Crippen molar-refractivity contribution in [1.82, 2.24) is 0 Å². The van der Waals surface area contributed by atoms with Gasteiger partial charge in [-0.15, -0.1) is 0 Å². The largest absolute Gasteiger partial charge is 3.00 e. The first-order valence-electron chi connectivity index (χ1n) is 0. The van der Waals surface area contributed by atoms with E-state index in [1.54, 1.807) is 0 Å². The Morgan fingerprint density at radius 1 is 0.750 bits per heavy atom. The van der Waals surface area contributed by atoms with Gasteiger partial charge in [-0.3, -0.25) is 0 Å². The number of halogens is 2. The maximum atomic E-state index is 0. The molecule has 0 N–H and O–H groups in total. The van der Waals surface area contributed by atoms with Crippen LogP contribution in [0, 0.1) is 39.9 Å². The molecular weight excluding hydrogens is 222 g/mol. The van der Waals surface area contributed by atoms with Crippen molar-refractivity contribution in [3.05, 3.63) is 0 Å². The molecule has 1 radical (unpaired) electrons. The van der Waals surface area contributed by atoms with Gasteiger partial charge in [-0.05, 0) is 0 Å². The van der Waals surface area contributed by atoms with E-state index in [-0.39, 0.29) is 66.7 Å². The zero-order chi connectivity index (χ0) is 0. The molecule has 0 heterocycles.